The molecule has 2 aromatic rings. The molecule has 0 aliphatic rings. The van der Waals surface area contributed by atoms with Crippen molar-refractivity contribution in [3.05, 3.63) is 46.9 Å². The first-order valence-corrected chi connectivity index (χ1v) is 8.05. The van der Waals surface area contributed by atoms with E-state index < -0.39 is 0 Å². The Morgan fingerprint density at radius 1 is 1.29 bits per heavy atom. The van der Waals surface area contributed by atoms with Crippen molar-refractivity contribution < 1.29 is 4.74 Å². The second kappa shape index (κ2) is 8.22. The molecule has 0 saturated carbocycles. The van der Waals surface area contributed by atoms with Crippen molar-refractivity contribution in [2.24, 2.45) is 0 Å². The Kier molecular flexibility index (Phi) is 6.29. The molecule has 6 heteroatoms. The summed E-state index contributed by atoms with van der Waals surface area (Å²) in [7, 11) is 1.66. The highest BCUT2D eigenvalue weighted by atomic mass is 35.5. The van der Waals surface area contributed by atoms with Gasteiger partial charge in [0, 0.05) is 29.6 Å². The number of nitrogens with one attached hydrogen (secondary N) is 1. The van der Waals surface area contributed by atoms with Gasteiger partial charge in [-0.1, -0.05) is 17.7 Å². The van der Waals surface area contributed by atoms with E-state index in [1.54, 1.807) is 18.9 Å². The van der Waals surface area contributed by atoms with Gasteiger partial charge in [0.05, 0.1) is 18.1 Å². The number of thioether (sulfide) groups is 1. The maximum atomic E-state index is 5.99. The lowest BCUT2D eigenvalue weighted by molar-refractivity contribution is 0.181. The summed E-state index contributed by atoms with van der Waals surface area (Å²) >= 11 is 7.65. The summed E-state index contributed by atoms with van der Waals surface area (Å²) in [5, 5.41) is 3.96. The van der Waals surface area contributed by atoms with Gasteiger partial charge < -0.3 is 10.1 Å². The Labute approximate surface area is 134 Å². The normalized spacial score (nSPS) is 10.6. The standard InChI is InChI=1S/C15H18ClN3OS/c1-3-17-14-8-12(9-20-2)18-15(19-14)10-21-13-6-4-5-11(16)7-13/h4-8H,3,9-10H2,1-2H3,(H,17,18,19). The minimum absolute atomic E-state index is 0.482. The van der Waals surface area contributed by atoms with Crippen molar-refractivity contribution in [1.82, 2.24) is 9.97 Å². The smallest absolute Gasteiger partial charge is 0.141 e. The summed E-state index contributed by atoms with van der Waals surface area (Å²) in [6.45, 7) is 3.35. The highest BCUT2D eigenvalue weighted by Crippen LogP contribution is 2.24. The van der Waals surface area contributed by atoms with Crippen molar-refractivity contribution in [3.8, 4) is 0 Å². The third-order valence-electron chi connectivity index (χ3n) is 2.64. The number of methoxy groups -OCH3 is 1. The number of hydrogen-bond donors (Lipinski definition) is 1. The van der Waals surface area contributed by atoms with E-state index in [4.69, 9.17) is 16.3 Å². The van der Waals surface area contributed by atoms with Crippen LogP contribution >= 0.6 is 23.4 Å². The Hall–Kier alpha value is -1.30. The molecular formula is C15H18ClN3OS. The Bertz CT molecular complexity index is 571. The summed E-state index contributed by atoms with van der Waals surface area (Å²) in [4.78, 5) is 10.1. The SMILES string of the molecule is CCNc1cc(COC)nc(CSc2cccc(Cl)c2)n1. The van der Waals surface area contributed by atoms with Crippen LogP contribution in [0, 0.1) is 0 Å². The fraction of sp³-hybridized carbons (Fsp3) is 0.333. The van der Waals surface area contributed by atoms with Crippen LogP contribution < -0.4 is 5.32 Å². The lowest BCUT2D eigenvalue weighted by Crippen LogP contribution is -2.06. The molecule has 112 valence electrons. The van der Waals surface area contributed by atoms with Crippen LogP contribution in [-0.2, 0) is 17.1 Å². The fourth-order valence-corrected chi connectivity index (χ4v) is 2.88. The largest absolute Gasteiger partial charge is 0.378 e. The lowest BCUT2D eigenvalue weighted by atomic mass is 10.4. The van der Waals surface area contributed by atoms with Crippen LogP contribution in [0.4, 0.5) is 5.82 Å². The number of aromatic nitrogens is 2. The molecule has 2 rings (SSSR count). The molecule has 0 fully saturated rings. The van der Waals surface area contributed by atoms with E-state index in [0.29, 0.717) is 12.4 Å². The predicted molar refractivity (Wildman–Crippen MR) is 87.9 cm³/mol. The molecule has 0 aliphatic carbocycles. The summed E-state index contributed by atoms with van der Waals surface area (Å²) < 4.78 is 5.15. The number of ether oxygens (including phenoxy) is 1. The van der Waals surface area contributed by atoms with E-state index in [-0.39, 0.29) is 0 Å². The molecule has 21 heavy (non-hydrogen) atoms. The zero-order valence-corrected chi connectivity index (χ0v) is 13.7. The monoisotopic (exact) mass is 323 g/mol. The predicted octanol–water partition coefficient (Wildman–Crippen LogP) is 4.00. The molecule has 0 unspecified atom stereocenters. The van der Waals surface area contributed by atoms with Gasteiger partial charge >= 0.3 is 0 Å². The van der Waals surface area contributed by atoms with Gasteiger partial charge in [0.25, 0.3) is 0 Å². The van der Waals surface area contributed by atoms with Crippen LogP contribution in [0.1, 0.15) is 18.4 Å². The van der Waals surface area contributed by atoms with E-state index in [1.807, 2.05) is 37.3 Å². The van der Waals surface area contributed by atoms with Crippen molar-refractivity contribution in [2.75, 3.05) is 19.0 Å². The number of rotatable bonds is 7. The van der Waals surface area contributed by atoms with Gasteiger partial charge in [-0.15, -0.1) is 11.8 Å². The second-order valence-electron chi connectivity index (χ2n) is 4.37. The third-order valence-corrected chi connectivity index (χ3v) is 3.86. The highest BCUT2D eigenvalue weighted by molar-refractivity contribution is 7.98. The first-order chi connectivity index (χ1) is 10.2. The Balaban J connectivity index is 2.10. The van der Waals surface area contributed by atoms with Crippen molar-refractivity contribution in [3.63, 3.8) is 0 Å². The van der Waals surface area contributed by atoms with Crippen LogP contribution in [0.3, 0.4) is 0 Å². The molecule has 1 N–H and O–H groups in total. The van der Waals surface area contributed by atoms with E-state index in [2.05, 4.69) is 15.3 Å². The van der Waals surface area contributed by atoms with E-state index >= 15 is 0 Å². The first kappa shape index (κ1) is 16.1. The van der Waals surface area contributed by atoms with Crippen LogP contribution in [0.2, 0.25) is 5.02 Å². The number of hydrogen-bond acceptors (Lipinski definition) is 5. The molecule has 0 bridgehead atoms. The van der Waals surface area contributed by atoms with Gasteiger partial charge in [-0.2, -0.15) is 0 Å². The Morgan fingerprint density at radius 3 is 2.86 bits per heavy atom. The highest BCUT2D eigenvalue weighted by Gasteiger charge is 2.05. The molecule has 0 atom stereocenters. The average molecular weight is 324 g/mol. The van der Waals surface area contributed by atoms with E-state index in [9.17, 15) is 0 Å². The fourth-order valence-electron chi connectivity index (χ4n) is 1.81. The minimum atomic E-state index is 0.482. The Morgan fingerprint density at radius 2 is 2.14 bits per heavy atom. The maximum Gasteiger partial charge on any atom is 0.141 e. The zero-order chi connectivity index (χ0) is 15.1. The van der Waals surface area contributed by atoms with Crippen molar-refractivity contribution >= 4 is 29.2 Å². The van der Waals surface area contributed by atoms with Gasteiger partial charge in [-0.25, -0.2) is 9.97 Å². The topological polar surface area (TPSA) is 47.0 Å². The average Bonchev–Trinajstić information content (AvgIpc) is 2.46. The lowest BCUT2D eigenvalue weighted by Gasteiger charge is -2.08. The molecule has 1 aromatic heterocycles. The van der Waals surface area contributed by atoms with Gasteiger partial charge in [-0.05, 0) is 25.1 Å². The first-order valence-electron chi connectivity index (χ1n) is 6.69. The molecule has 1 aromatic carbocycles. The number of benzene rings is 1. The number of anilines is 1. The van der Waals surface area contributed by atoms with Crippen LogP contribution in [0.5, 0.6) is 0 Å². The van der Waals surface area contributed by atoms with E-state index in [0.717, 1.165) is 33.8 Å². The molecule has 1 heterocycles. The summed E-state index contributed by atoms with van der Waals surface area (Å²) in [6.07, 6.45) is 0. The van der Waals surface area contributed by atoms with Crippen molar-refractivity contribution in [1.29, 1.82) is 0 Å². The molecule has 0 amide bonds. The number of halogens is 1. The van der Waals surface area contributed by atoms with Crippen LogP contribution in [0.25, 0.3) is 0 Å². The molecule has 0 spiro atoms. The zero-order valence-electron chi connectivity index (χ0n) is 12.1. The quantitative estimate of drug-likeness (QED) is 0.780. The molecule has 4 nitrogen and oxygen atoms in total. The van der Waals surface area contributed by atoms with Crippen molar-refractivity contribution in [2.45, 2.75) is 24.2 Å². The van der Waals surface area contributed by atoms with Gasteiger partial charge in [0.2, 0.25) is 0 Å². The van der Waals surface area contributed by atoms with Crippen LogP contribution in [0.15, 0.2) is 35.2 Å². The van der Waals surface area contributed by atoms with Gasteiger partial charge in [-0.3, -0.25) is 0 Å². The summed E-state index contributed by atoms with van der Waals surface area (Å²) in [5.74, 6) is 2.31. The number of nitrogens with zero attached hydrogens (tertiary/aromatic N) is 2. The van der Waals surface area contributed by atoms with Gasteiger partial charge in [0.15, 0.2) is 0 Å². The summed E-state index contributed by atoms with van der Waals surface area (Å²) in [6, 6.07) is 9.69. The minimum Gasteiger partial charge on any atom is -0.378 e. The molecule has 0 aliphatic heterocycles. The molecular weight excluding hydrogens is 306 g/mol. The van der Waals surface area contributed by atoms with Crippen LogP contribution in [-0.4, -0.2) is 23.6 Å². The summed E-state index contributed by atoms with van der Waals surface area (Å²) in [5.41, 5.74) is 0.880. The third kappa shape index (κ3) is 5.19. The maximum absolute atomic E-state index is 5.99. The second-order valence-corrected chi connectivity index (χ2v) is 5.86. The van der Waals surface area contributed by atoms with E-state index in [1.165, 1.54) is 0 Å². The van der Waals surface area contributed by atoms with Gasteiger partial charge in [0.1, 0.15) is 11.6 Å². The molecule has 0 radical (unpaired) electrons. The molecule has 0 saturated heterocycles.